The van der Waals surface area contributed by atoms with Crippen molar-refractivity contribution in [3.63, 3.8) is 0 Å². The molecule has 0 aliphatic carbocycles. The van der Waals surface area contributed by atoms with Crippen LogP contribution in [0, 0.1) is 12.7 Å². The minimum absolute atomic E-state index is 0.222. The van der Waals surface area contributed by atoms with Crippen LogP contribution in [0.5, 0.6) is 5.75 Å². The molecule has 0 unspecified atom stereocenters. The molecule has 1 heterocycles. The largest absolute Gasteiger partial charge is 0.481 e. The lowest BCUT2D eigenvalue weighted by Crippen LogP contribution is -2.32. The first-order chi connectivity index (χ1) is 12.6. The van der Waals surface area contributed by atoms with E-state index in [1.54, 1.807) is 0 Å². The predicted molar refractivity (Wildman–Crippen MR) is 94.2 cm³/mol. The number of hydrogen-bond donors (Lipinski definition) is 1. The molecule has 0 spiro atoms. The number of carbonyl (C=O) groups is 1. The van der Waals surface area contributed by atoms with Crippen molar-refractivity contribution in [2.75, 3.05) is 5.32 Å². The fraction of sp³-hybridized carbons (Fsp3) is 0.211. The zero-order valence-electron chi connectivity index (χ0n) is 14.4. The number of ether oxygens (including phenoxy) is 1. The van der Waals surface area contributed by atoms with Gasteiger partial charge in [-0.15, -0.1) is 0 Å². The average Bonchev–Trinajstić information content (AvgIpc) is 3.10. The topological polar surface area (TPSA) is 77.2 Å². The number of benzene rings is 2. The highest BCUT2D eigenvalue weighted by Gasteiger charge is 2.22. The monoisotopic (exact) mass is 355 g/mol. The Morgan fingerprint density at radius 1 is 1.15 bits per heavy atom. The number of aryl methyl sites for hydroxylation is 1. The van der Waals surface area contributed by atoms with Crippen molar-refractivity contribution in [1.29, 1.82) is 0 Å². The molecule has 3 aromatic rings. The summed E-state index contributed by atoms with van der Waals surface area (Å²) in [6.07, 6.45) is -0.336. The SMILES string of the molecule is CC[C@H](Oc1ccc(F)cc1)C(=O)Nc1nonc1-c1ccc(C)cc1. The number of aromatic nitrogens is 2. The summed E-state index contributed by atoms with van der Waals surface area (Å²) in [6, 6.07) is 13.1. The maximum atomic E-state index is 13.0. The highest BCUT2D eigenvalue weighted by atomic mass is 19.1. The van der Waals surface area contributed by atoms with Gasteiger partial charge in [0, 0.05) is 5.56 Å². The molecule has 1 amide bonds. The molecule has 1 N–H and O–H groups in total. The van der Waals surface area contributed by atoms with E-state index in [-0.39, 0.29) is 17.5 Å². The van der Waals surface area contributed by atoms with Crippen LogP contribution in [0.25, 0.3) is 11.3 Å². The van der Waals surface area contributed by atoms with Crippen LogP contribution in [0.1, 0.15) is 18.9 Å². The summed E-state index contributed by atoms with van der Waals surface area (Å²) in [5, 5.41) is 10.3. The second-order valence-electron chi connectivity index (χ2n) is 5.79. The van der Waals surface area contributed by atoms with E-state index < -0.39 is 6.10 Å². The van der Waals surface area contributed by atoms with Gasteiger partial charge in [-0.25, -0.2) is 9.02 Å². The third kappa shape index (κ3) is 4.05. The Labute approximate surface area is 149 Å². The average molecular weight is 355 g/mol. The molecule has 0 saturated carbocycles. The van der Waals surface area contributed by atoms with Gasteiger partial charge in [0.05, 0.1) is 0 Å². The first-order valence-corrected chi connectivity index (χ1v) is 8.19. The van der Waals surface area contributed by atoms with E-state index in [1.807, 2.05) is 38.1 Å². The quantitative estimate of drug-likeness (QED) is 0.724. The standard InChI is InChI=1S/C19H18FN3O3/c1-3-16(25-15-10-8-14(20)9-11-15)19(24)21-18-17(22-26-23-18)13-6-4-12(2)5-7-13/h4-11,16H,3H2,1-2H3,(H,21,23,24)/t16-/m0/s1. The summed E-state index contributed by atoms with van der Waals surface area (Å²) in [4.78, 5) is 12.5. The number of anilines is 1. The lowest BCUT2D eigenvalue weighted by atomic mass is 10.1. The highest BCUT2D eigenvalue weighted by molar-refractivity contribution is 5.96. The summed E-state index contributed by atoms with van der Waals surface area (Å²) in [5.41, 5.74) is 2.32. The van der Waals surface area contributed by atoms with Crippen LogP contribution < -0.4 is 10.1 Å². The Hall–Kier alpha value is -3.22. The van der Waals surface area contributed by atoms with Crippen molar-refractivity contribution >= 4 is 11.7 Å². The van der Waals surface area contributed by atoms with Gasteiger partial charge in [0.2, 0.25) is 5.82 Å². The molecule has 0 fully saturated rings. The van der Waals surface area contributed by atoms with Crippen LogP contribution in [-0.2, 0) is 4.79 Å². The fourth-order valence-corrected chi connectivity index (χ4v) is 2.37. The Kier molecular flexibility index (Phi) is 5.26. The molecule has 0 aliphatic rings. The Morgan fingerprint density at radius 3 is 2.50 bits per heavy atom. The Morgan fingerprint density at radius 2 is 1.85 bits per heavy atom. The molecule has 1 aromatic heterocycles. The summed E-state index contributed by atoms with van der Waals surface area (Å²) in [7, 11) is 0. The van der Waals surface area contributed by atoms with Crippen molar-refractivity contribution in [2.45, 2.75) is 26.4 Å². The lowest BCUT2D eigenvalue weighted by Gasteiger charge is -2.16. The molecule has 3 rings (SSSR count). The maximum absolute atomic E-state index is 13.0. The van der Waals surface area contributed by atoms with Crippen molar-refractivity contribution in [3.8, 4) is 17.0 Å². The predicted octanol–water partition coefficient (Wildman–Crippen LogP) is 3.98. The molecular weight excluding hydrogens is 337 g/mol. The summed E-state index contributed by atoms with van der Waals surface area (Å²) in [5.74, 6) is -0.127. The Balaban J connectivity index is 1.73. The van der Waals surface area contributed by atoms with Gasteiger partial charge < -0.3 is 10.1 Å². The van der Waals surface area contributed by atoms with Crippen LogP contribution in [0.15, 0.2) is 53.2 Å². The number of rotatable bonds is 6. The molecule has 0 radical (unpaired) electrons. The van der Waals surface area contributed by atoms with Gasteiger partial charge in [0.25, 0.3) is 5.91 Å². The van der Waals surface area contributed by atoms with Crippen molar-refractivity contribution < 1.29 is 18.6 Å². The maximum Gasteiger partial charge on any atom is 0.266 e. The van der Waals surface area contributed by atoms with E-state index in [4.69, 9.17) is 9.37 Å². The normalized spacial score (nSPS) is 11.8. The lowest BCUT2D eigenvalue weighted by molar-refractivity contribution is -0.122. The first-order valence-electron chi connectivity index (χ1n) is 8.19. The van der Waals surface area contributed by atoms with E-state index >= 15 is 0 Å². The van der Waals surface area contributed by atoms with Gasteiger partial charge in [0.15, 0.2) is 11.8 Å². The van der Waals surface area contributed by atoms with Crippen molar-refractivity contribution in [3.05, 3.63) is 59.9 Å². The number of carbonyl (C=O) groups excluding carboxylic acids is 1. The molecule has 134 valence electrons. The van der Waals surface area contributed by atoms with Crippen LogP contribution in [0.2, 0.25) is 0 Å². The van der Waals surface area contributed by atoms with Gasteiger partial charge in [-0.1, -0.05) is 36.8 Å². The number of amides is 1. The smallest absolute Gasteiger partial charge is 0.266 e. The minimum atomic E-state index is -0.761. The highest BCUT2D eigenvalue weighted by Crippen LogP contribution is 2.25. The van der Waals surface area contributed by atoms with Gasteiger partial charge in [-0.3, -0.25) is 4.79 Å². The molecule has 0 bridgehead atoms. The Bertz CT molecular complexity index is 876. The summed E-state index contributed by atoms with van der Waals surface area (Å²) in [6.45, 7) is 3.79. The van der Waals surface area contributed by atoms with Crippen LogP contribution in [0.4, 0.5) is 10.2 Å². The van der Waals surface area contributed by atoms with E-state index in [2.05, 4.69) is 15.6 Å². The first kappa shape index (κ1) is 17.6. The summed E-state index contributed by atoms with van der Waals surface area (Å²) >= 11 is 0. The molecule has 26 heavy (non-hydrogen) atoms. The number of hydrogen-bond acceptors (Lipinski definition) is 5. The summed E-state index contributed by atoms with van der Waals surface area (Å²) < 4.78 is 23.4. The van der Waals surface area contributed by atoms with Gasteiger partial charge >= 0.3 is 0 Å². The zero-order chi connectivity index (χ0) is 18.5. The third-order valence-corrected chi connectivity index (χ3v) is 3.81. The van der Waals surface area contributed by atoms with E-state index in [9.17, 15) is 9.18 Å². The minimum Gasteiger partial charge on any atom is -0.481 e. The van der Waals surface area contributed by atoms with Crippen molar-refractivity contribution in [2.24, 2.45) is 0 Å². The van der Waals surface area contributed by atoms with Gasteiger partial charge in [0.1, 0.15) is 11.6 Å². The number of nitrogens with one attached hydrogen (secondary N) is 1. The molecule has 0 aliphatic heterocycles. The molecule has 0 saturated heterocycles. The van der Waals surface area contributed by atoms with E-state index in [1.165, 1.54) is 24.3 Å². The van der Waals surface area contributed by atoms with Crippen LogP contribution >= 0.6 is 0 Å². The van der Waals surface area contributed by atoms with Crippen LogP contribution in [-0.4, -0.2) is 22.3 Å². The molecular formula is C19H18FN3O3. The zero-order valence-corrected chi connectivity index (χ0v) is 14.4. The fourth-order valence-electron chi connectivity index (χ4n) is 2.37. The van der Waals surface area contributed by atoms with Gasteiger partial charge in [-0.05, 0) is 47.9 Å². The molecule has 2 aromatic carbocycles. The van der Waals surface area contributed by atoms with Crippen molar-refractivity contribution in [1.82, 2.24) is 10.3 Å². The van der Waals surface area contributed by atoms with Gasteiger partial charge in [-0.2, -0.15) is 0 Å². The molecule has 6 nitrogen and oxygen atoms in total. The van der Waals surface area contributed by atoms with Crippen LogP contribution in [0.3, 0.4) is 0 Å². The number of halogens is 1. The third-order valence-electron chi connectivity index (χ3n) is 3.81. The second kappa shape index (κ2) is 7.77. The number of nitrogens with zero attached hydrogens (tertiary/aromatic N) is 2. The van der Waals surface area contributed by atoms with E-state index in [0.29, 0.717) is 17.9 Å². The molecule has 1 atom stereocenters. The van der Waals surface area contributed by atoms with E-state index in [0.717, 1.165) is 11.1 Å². The molecule has 7 heteroatoms. The second-order valence-corrected chi connectivity index (χ2v) is 5.79.